The Bertz CT molecular complexity index is 758. The van der Waals surface area contributed by atoms with Crippen molar-refractivity contribution in [3.8, 4) is 5.75 Å². The van der Waals surface area contributed by atoms with Gasteiger partial charge in [0.1, 0.15) is 5.75 Å². The van der Waals surface area contributed by atoms with Crippen molar-refractivity contribution in [3.63, 3.8) is 0 Å². The summed E-state index contributed by atoms with van der Waals surface area (Å²) in [6.07, 6.45) is 0.846. The summed E-state index contributed by atoms with van der Waals surface area (Å²) < 4.78 is 10.9. The molecule has 0 radical (unpaired) electrons. The van der Waals surface area contributed by atoms with Crippen molar-refractivity contribution in [2.24, 2.45) is 0 Å². The Kier molecular flexibility index (Phi) is 8.53. The minimum atomic E-state index is -0.405. The molecular weight excluding hydrogens is 354 g/mol. The Hall–Kier alpha value is -2.82. The van der Waals surface area contributed by atoms with E-state index in [1.54, 1.807) is 0 Å². The molecule has 5 heteroatoms. The molecule has 0 bridgehead atoms. The van der Waals surface area contributed by atoms with E-state index in [2.05, 4.69) is 5.32 Å². The number of hydrogen-bond acceptors (Lipinski definition) is 4. The Morgan fingerprint density at radius 3 is 2.46 bits per heavy atom. The van der Waals surface area contributed by atoms with E-state index in [0.29, 0.717) is 19.4 Å². The second-order valence-electron chi connectivity index (χ2n) is 7.04. The molecule has 150 valence electrons. The zero-order chi connectivity index (χ0) is 20.4. The Morgan fingerprint density at radius 2 is 1.79 bits per heavy atom. The third kappa shape index (κ3) is 7.82. The average molecular weight is 383 g/mol. The number of carbonyl (C=O) groups is 2. The molecule has 0 saturated carbocycles. The van der Waals surface area contributed by atoms with Crippen LogP contribution in [0, 0.1) is 6.92 Å². The smallest absolute Gasteiger partial charge is 0.308 e. The van der Waals surface area contributed by atoms with E-state index in [1.165, 1.54) is 0 Å². The highest BCUT2D eigenvalue weighted by Crippen LogP contribution is 2.18. The predicted molar refractivity (Wildman–Crippen MR) is 109 cm³/mol. The molecular formula is C23H29NO4. The van der Waals surface area contributed by atoms with Crippen LogP contribution < -0.4 is 10.1 Å². The molecule has 0 fully saturated rings. The van der Waals surface area contributed by atoms with Gasteiger partial charge in [-0.25, -0.2) is 0 Å². The van der Waals surface area contributed by atoms with Crippen LogP contribution in [0.4, 0.5) is 0 Å². The molecule has 1 atom stereocenters. The second kappa shape index (κ2) is 11.1. The van der Waals surface area contributed by atoms with Crippen LogP contribution in [0.1, 0.15) is 50.3 Å². The van der Waals surface area contributed by atoms with Gasteiger partial charge in [-0.2, -0.15) is 0 Å². The summed E-state index contributed by atoms with van der Waals surface area (Å²) in [5, 5.41) is 2.95. The van der Waals surface area contributed by atoms with E-state index in [0.717, 1.165) is 16.9 Å². The minimum absolute atomic E-state index is 0.105. The number of nitrogens with one attached hydrogen (secondary N) is 1. The summed E-state index contributed by atoms with van der Waals surface area (Å²) >= 11 is 0. The normalized spacial score (nSPS) is 11.7. The highest BCUT2D eigenvalue weighted by Gasteiger charge is 2.19. The second-order valence-corrected chi connectivity index (χ2v) is 7.04. The highest BCUT2D eigenvalue weighted by molar-refractivity contribution is 5.78. The van der Waals surface area contributed by atoms with Crippen LogP contribution >= 0.6 is 0 Å². The number of carbonyl (C=O) groups excluding carboxylic acids is 2. The maximum atomic E-state index is 12.4. The Morgan fingerprint density at radius 1 is 1.04 bits per heavy atom. The molecule has 0 aromatic heterocycles. The van der Waals surface area contributed by atoms with Gasteiger partial charge in [0.25, 0.3) is 0 Å². The number of amides is 1. The van der Waals surface area contributed by atoms with Gasteiger partial charge < -0.3 is 14.8 Å². The van der Waals surface area contributed by atoms with Gasteiger partial charge in [0.2, 0.25) is 5.91 Å². The highest BCUT2D eigenvalue weighted by atomic mass is 16.5. The van der Waals surface area contributed by atoms with Crippen molar-refractivity contribution in [2.75, 3.05) is 6.61 Å². The number of rotatable bonds is 10. The van der Waals surface area contributed by atoms with Gasteiger partial charge in [-0.3, -0.25) is 9.59 Å². The molecule has 0 aliphatic carbocycles. The summed E-state index contributed by atoms with van der Waals surface area (Å²) in [6.45, 7) is 6.08. The summed E-state index contributed by atoms with van der Waals surface area (Å²) in [5.74, 6) is 0.366. The fourth-order valence-electron chi connectivity index (χ4n) is 2.81. The van der Waals surface area contributed by atoms with Crippen LogP contribution in [0.15, 0.2) is 54.6 Å². The molecule has 1 amide bonds. The third-order valence-electron chi connectivity index (χ3n) is 4.08. The van der Waals surface area contributed by atoms with Crippen molar-refractivity contribution in [1.29, 1.82) is 0 Å². The van der Waals surface area contributed by atoms with Gasteiger partial charge >= 0.3 is 5.97 Å². The molecule has 1 unspecified atom stereocenters. The van der Waals surface area contributed by atoms with Crippen molar-refractivity contribution < 1.29 is 19.1 Å². The molecule has 1 N–H and O–H groups in total. The first-order chi connectivity index (χ1) is 13.4. The average Bonchev–Trinajstić information content (AvgIpc) is 2.65. The molecule has 2 aromatic carbocycles. The number of ether oxygens (including phenoxy) is 2. The zero-order valence-corrected chi connectivity index (χ0v) is 16.8. The van der Waals surface area contributed by atoms with Gasteiger partial charge in [-0.1, -0.05) is 42.5 Å². The Balaban J connectivity index is 1.84. The number of benzene rings is 2. The van der Waals surface area contributed by atoms with Gasteiger partial charge in [-0.05, 0) is 50.5 Å². The molecule has 0 aliphatic rings. The lowest BCUT2D eigenvalue weighted by molar-refractivity contribution is -0.148. The Labute approximate surface area is 167 Å². The number of aryl methyl sites for hydroxylation is 1. The van der Waals surface area contributed by atoms with Crippen molar-refractivity contribution in [3.05, 3.63) is 65.7 Å². The third-order valence-corrected chi connectivity index (χ3v) is 4.08. The van der Waals surface area contributed by atoms with Crippen LogP contribution in [-0.4, -0.2) is 24.6 Å². The topological polar surface area (TPSA) is 64.6 Å². The first kappa shape index (κ1) is 21.5. The molecule has 0 aliphatic heterocycles. The van der Waals surface area contributed by atoms with Crippen molar-refractivity contribution >= 4 is 11.9 Å². The summed E-state index contributed by atoms with van der Waals surface area (Å²) in [6, 6.07) is 16.9. The molecule has 0 spiro atoms. The van der Waals surface area contributed by atoms with Gasteiger partial charge in [-0.15, -0.1) is 0 Å². The van der Waals surface area contributed by atoms with E-state index in [9.17, 15) is 9.59 Å². The first-order valence-electron chi connectivity index (χ1n) is 9.67. The fourth-order valence-corrected chi connectivity index (χ4v) is 2.81. The standard InChI is InChI=1S/C23H29NO4/c1-17(2)28-23(26)16-21(19-10-5-4-6-11-19)24-22(25)13-8-14-27-20-12-7-9-18(3)15-20/h4-7,9-12,15,17,21H,8,13-14,16H2,1-3H3,(H,24,25). The van der Waals surface area contributed by atoms with E-state index in [4.69, 9.17) is 9.47 Å². The largest absolute Gasteiger partial charge is 0.494 e. The molecule has 5 nitrogen and oxygen atoms in total. The number of esters is 1. The lowest BCUT2D eigenvalue weighted by Gasteiger charge is -2.19. The SMILES string of the molecule is Cc1cccc(OCCCC(=O)NC(CC(=O)OC(C)C)c2ccccc2)c1. The van der Waals surface area contributed by atoms with E-state index in [1.807, 2.05) is 75.4 Å². The summed E-state index contributed by atoms with van der Waals surface area (Å²) in [4.78, 5) is 24.4. The molecule has 2 aromatic rings. The van der Waals surface area contributed by atoms with Crippen LogP contribution in [0.3, 0.4) is 0 Å². The molecule has 28 heavy (non-hydrogen) atoms. The lowest BCUT2D eigenvalue weighted by atomic mass is 10.0. The minimum Gasteiger partial charge on any atom is -0.494 e. The first-order valence-corrected chi connectivity index (χ1v) is 9.67. The summed E-state index contributed by atoms with van der Waals surface area (Å²) in [5.41, 5.74) is 2.02. The van der Waals surface area contributed by atoms with Crippen LogP contribution in [0.2, 0.25) is 0 Å². The lowest BCUT2D eigenvalue weighted by Crippen LogP contribution is -2.31. The van der Waals surface area contributed by atoms with E-state index < -0.39 is 6.04 Å². The molecule has 0 heterocycles. The monoisotopic (exact) mass is 383 g/mol. The van der Waals surface area contributed by atoms with Gasteiger partial charge in [0.05, 0.1) is 25.2 Å². The summed E-state index contributed by atoms with van der Waals surface area (Å²) in [7, 11) is 0. The number of hydrogen-bond donors (Lipinski definition) is 1. The van der Waals surface area contributed by atoms with Gasteiger partial charge in [0, 0.05) is 6.42 Å². The van der Waals surface area contributed by atoms with Gasteiger partial charge in [0.15, 0.2) is 0 Å². The molecule has 0 saturated heterocycles. The zero-order valence-electron chi connectivity index (χ0n) is 16.8. The maximum absolute atomic E-state index is 12.4. The van der Waals surface area contributed by atoms with E-state index >= 15 is 0 Å². The van der Waals surface area contributed by atoms with Crippen molar-refractivity contribution in [2.45, 2.75) is 52.2 Å². The predicted octanol–water partition coefficient (Wildman–Crippen LogP) is 4.35. The fraction of sp³-hybridized carbons (Fsp3) is 0.391. The quantitative estimate of drug-likeness (QED) is 0.489. The molecule has 2 rings (SSSR count). The van der Waals surface area contributed by atoms with Crippen molar-refractivity contribution in [1.82, 2.24) is 5.32 Å². The van der Waals surface area contributed by atoms with Crippen LogP contribution in [0.25, 0.3) is 0 Å². The van der Waals surface area contributed by atoms with Crippen LogP contribution in [0.5, 0.6) is 5.75 Å². The maximum Gasteiger partial charge on any atom is 0.308 e. The van der Waals surface area contributed by atoms with E-state index in [-0.39, 0.29) is 24.4 Å². The van der Waals surface area contributed by atoms with Crippen LogP contribution in [-0.2, 0) is 14.3 Å².